The Morgan fingerprint density at radius 3 is 2.65 bits per heavy atom. The maximum Gasteiger partial charge on any atom is 0.304 e. The molecule has 0 unspecified atom stereocenters. The lowest BCUT2D eigenvalue weighted by atomic mass is 10.1. The first kappa shape index (κ1) is 16.0. The van der Waals surface area contributed by atoms with Gasteiger partial charge >= 0.3 is 5.97 Å². The quantitative estimate of drug-likeness (QED) is 0.614. The van der Waals surface area contributed by atoms with E-state index in [1.54, 1.807) is 4.90 Å². The Morgan fingerprint density at radius 2 is 2.15 bits per heavy atom. The van der Waals surface area contributed by atoms with Crippen LogP contribution in [0.2, 0.25) is 0 Å². The Bertz CT molecular complexity index is 505. The zero-order chi connectivity index (χ0) is 15.3. The number of carbonyl (C=O) groups is 1. The molecular weight excluding hydrogens is 267 g/mol. The number of carboxylic acid groups (broad SMARTS) is 1. The van der Waals surface area contributed by atoms with Gasteiger partial charge in [-0.15, -0.1) is 0 Å². The van der Waals surface area contributed by atoms with Crippen molar-refractivity contribution in [2.45, 2.75) is 32.9 Å². The fourth-order valence-electron chi connectivity index (χ4n) is 1.84. The molecule has 6 nitrogen and oxygen atoms in total. The van der Waals surface area contributed by atoms with E-state index in [4.69, 9.17) is 5.11 Å². The van der Waals surface area contributed by atoms with Gasteiger partial charge in [0.1, 0.15) is 5.82 Å². The standard InChI is InChI=1S/C13H17FN2O4/c1-9(2)15(6-5-13(17)18)8-10-7-11(14)3-4-12(10)16(19)20/h3-4,7,9H,5-6,8H2,1-2H3,(H,17,18). The molecule has 0 radical (unpaired) electrons. The maximum absolute atomic E-state index is 13.2. The van der Waals surface area contributed by atoms with Gasteiger partial charge in [0.25, 0.3) is 5.69 Å². The van der Waals surface area contributed by atoms with Crippen LogP contribution in [0.3, 0.4) is 0 Å². The van der Waals surface area contributed by atoms with Gasteiger partial charge in [-0.1, -0.05) is 0 Å². The molecule has 1 rings (SSSR count). The molecular formula is C13H17FN2O4. The first-order valence-corrected chi connectivity index (χ1v) is 6.20. The van der Waals surface area contributed by atoms with Gasteiger partial charge in [-0.2, -0.15) is 0 Å². The Labute approximate surface area is 116 Å². The van der Waals surface area contributed by atoms with Gasteiger partial charge in [-0.3, -0.25) is 19.8 Å². The molecule has 1 N–H and O–H groups in total. The van der Waals surface area contributed by atoms with E-state index < -0.39 is 16.7 Å². The Morgan fingerprint density at radius 1 is 1.50 bits per heavy atom. The van der Waals surface area contributed by atoms with Crippen LogP contribution < -0.4 is 0 Å². The van der Waals surface area contributed by atoms with Crippen LogP contribution in [0, 0.1) is 15.9 Å². The largest absolute Gasteiger partial charge is 0.481 e. The number of carboxylic acids is 1. The van der Waals surface area contributed by atoms with Crippen molar-refractivity contribution in [1.82, 2.24) is 4.90 Å². The molecule has 0 amide bonds. The van der Waals surface area contributed by atoms with E-state index in [-0.39, 0.29) is 36.8 Å². The highest BCUT2D eigenvalue weighted by Crippen LogP contribution is 2.22. The van der Waals surface area contributed by atoms with Crippen molar-refractivity contribution in [2.75, 3.05) is 6.54 Å². The molecule has 20 heavy (non-hydrogen) atoms. The van der Waals surface area contributed by atoms with Gasteiger partial charge in [0, 0.05) is 30.8 Å². The van der Waals surface area contributed by atoms with Gasteiger partial charge in [-0.25, -0.2) is 4.39 Å². The van der Waals surface area contributed by atoms with E-state index in [0.717, 1.165) is 18.2 Å². The van der Waals surface area contributed by atoms with E-state index in [2.05, 4.69) is 0 Å². The number of benzene rings is 1. The van der Waals surface area contributed by atoms with Crippen LogP contribution >= 0.6 is 0 Å². The minimum atomic E-state index is -0.940. The van der Waals surface area contributed by atoms with Crippen LogP contribution in [-0.4, -0.2) is 33.5 Å². The molecule has 0 aliphatic rings. The first-order valence-electron chi connectivity index (χ1n) is 6.20. The normalized spacial score (nSPS) is 11.1. The molecule has 0 aromatic heterocycles. The minimum Gasteiger partial charge on any atom is -0.481 e. The predicted octanol–water partition coefficient (Wildman–Crippen LogP) is 2.42. The average molecular weight is 284 g/mol. The lowest BCUT2D eigenvalue weighted by Gasteiger charge is -2.25. The van der Waals surface area contributed by atoms with Crippen molar-refractivity contribution in [1.29, 1.82) is 0 Å². The fraction of sp³-hybridized carbons (Fsp3) is 0.462. The first-order chi connectivity index (χ1) is 9.31. The lowest BCUT2D eigenvalue weighted by molar-refractivity contribution is -0.385. The molecule has 0 aliphatic heterocycles. The molecule has 1 aromatic rings. The van der Waals surface area contributed by atoms with Crippen molar-refractivity contribution < 1.29 is 19.2 Å². The number of nitrogens with zero attached hydrogens (tertiary/aromatic N) is 2. The summed E-state index contributed by atoms with van der Waals surface area (Å²) in [6, 6.07) is 3.28. The average Bonchev–Trinajstić information content (AvgIpc) is 2.33. The van der Waals surface area contributed by atoms with Crippen molar-refractivity contribution in [3.05, 3.63) is 39.7 Å². The summed E-state index contributed by atoms with van der Waals surface area (Å²) in [5.74, 6) is -1.49. The predicted molar refractivity (Wildman–Crippen MR) is 70.9 cm³/mol. The van der Waals surface area contributed by atoms with E-state index >= 15 is 0 Å². The summed E-state index contributed by atoms with van der Waals surface area (Å²) < 4.78 is 13.2. The van der Waals surface area contributed by atoms with E-state index in [1.165, 1.54) is 0 Å². The molecule has 0 fully saturated rings. The highest BCUT2D eigenvalue weighted by Gasteiger charge is 2.19. The van der Waals surface area contributed by atoms with Gasteiger partial charge in [0.2, 0.25) is 0 Å². The second kappa shape index (κ2) is 6.95. The number of hydrogen-bond acceptors (Lipinski definition) is 4. The third-order valence-electron chi connectivity index (χ3n) is 2.95. The third-order valence-corrected chi connectivity index (χ3v) is 2.95. The molecule has 0 atom stereocenters. The Balaban J connectivity index is 2.95. The molecule has 0 heterocycles. The summed E-state index contributed by atoms with van der Waals surface area (Å²) in [4.78, 5) is 22.7. The van der Waals surface area contributed by atoms with E-state index in [1.807, 2.05) is 13.8 Å². The summed E-state index contributed by atoms with van der Waals surface area (Å²) in [5.41, 5.74) is 0.0847. The Kier molecular flexibility index (Phi) is 5.57. The Hall–Kier alpha value is -2.02. The second-order valence-corrected chi connectivity index (χ2v) is 4.74. The highest BCUT2D eigenvalue weighted by molar-refractivity contribution is 5.66. The van der Waals surface area contributed by atoms with Crippen molar-refractivity contribution in [2.24, 2.45) is 0 Å². The zero-order valence-electron chi connectivity index (χ0n) is 11.4. The molecule has 0 aliphatic carbocycles. The summed E-state index contributed by atoms with van der Waals surface area (Å²) >= 11 is 0. The van der Waals surface area contributed by atoms with E-state index in [0.29, 0.717) is 0 Å². The maximum atomic E-state index is 13.2. The molecule has 0 spiro atoms. The third kappa shape index (κ3) is 4.58. The smallest absolute Gasteiger partial charge is 0.304 e. The summed E-state index contributed by atoms with van der Waals surface area (Å²) in [5, 5.41) is 19.6. The number of aliphatic carboxylic acids is 1. The number of rotatable bonds is 7. The van der Waals surface area contributed by atoms with E-state index in [9.17, 15) is 19.3 Å². The monoisotopic (exact) mass is 284 g/mol. The number of hydrogen-bond donors (Lipinski definition) is 1. The SMILES string of the molecule is CC(C)N(CCC(=O)O)Cc1cc(F)ccc1[N+](=O)[O-]. The topological polar surface area (TPSA) is 83.7 Å². The molecule has 1 aromatic carbocycles. The zero-order valence-corrected chi connectivity index (χ0v) is 11.4. The lowest BCUT2D eigenvalue weighted by Crippen LogP contribution is -2.32. The van der Waals surface area contributed by atoms with Gasteiger partial charge in [0.05, 0.1) is 11.3 Å². The minimum absolute atomic E-state index is 0.00257. The number of halogens is 1. The highest BCUT2D eigenvalue weighted by atomic mass is 19.1. The second-order valence-electron chi connectivity index (χ2n) is 4.74. The molecule has 110 valence electrons. The van der Waals surface area contributed by atoms with Crippen molar-refractivity contribution in [3.8, 4) is 0 Å². The fourth-order valence-corrected chi connectivity index (χ4v) is 1.84. The van der Waals surface area contributed by atoms with Gasteiger partial charge < -0.3 is 5.11 Å². The summed E-state index contributed by atoms with van der Waals surface area (Å²) in [6.07, 6.45) is -0.0682. The van der Waals surface area contributed by atoms with Crippen molar-refractivity contribution >= 4 is 11.7 Å². The molecule has 7 heteroatoms. The summed E-state index contributed by atoms with van der Waals surface area (Å²) in [6.45, 7) is 4.10. The van der Waals surface area contributed by atoms with Crippen LogP contribution in [0.4, 0.5) is 10.1 Å². The van der Waals surface area contributed by atoms with Crippen LogP contribution in [-0.2, 0) is 11.3 Å². The van der Waals surface area contributed by atoms with Gasteiger partial charge in [-0.05, 0) is 26.0 Å². The van der Waals surface area contributed by atoms with Crippen LogP contribution in [0.1, 0.15) is 25.8 Å². The number of nitro benzene ring substituents is 1. The van der Waals surface area contributed by atoms with Crippen LogP contribution in [0.5, 0.6) is 0 Å². The van der Waals surface area contributed by atoms with Crippen LogP contribution in [0.25, 0.3) is 0 Å². The van der Waals surface area contributed by atoms with Crippen molar-refractivity contribution in [3.63, 3.8) is 0 Å². The van der Waals surface area contributed by atoms with Gasteiger partial charge in [0.15, 0.2) is 0 Å². The molecule has 0 saturated carbocycles. The molecule has 0 saturated heterocycles. The molecule has 0 bridgehead atoms. The van der Waals surface area contributed by atoms with Crippen LogP contribution in [0.15, 0.2) is 18.2 Å². The number of nitro groups is 1. The summed E-state index contributed by atoms with van der Waals surface area (Å²) in [7, 11) is 0.